The van der Waals surface area contributed by atoms with E-state index in [1.54, 1.807) is 0 Å². The second kappa shape index (κ2) is 10.1. The Labute approximate surface area is 103 Å². The fraction of sp³-hybridized carbons (Fsp3) is 1.00. The number of unbranched alkanes of at least 4 members (excludes halogenated alkanes) is 1. The van der Waals surface area contributed by atoms with E-state index in [9.17, 15) is 0 Å². The van der Waals surface area contributed by atoms with E-state index >= 15 is 0 Å². The third kappa shape index (κ3) is 10.4. The maximum Gasteiger partial charge on any atom is -0.00163 e. The molecule has 0 amide bonds. The normalized spacial score (nSPS) is 12.0. The molecule has 0 aliphatic carbocycles. The Hall–Kier alpha value is -0.0800. The van der Waals surface area contributed by atoms with Crippen LogP contribution in [0.5, 0.6) is 0 Å². The van der Waals surface area contributed by atoms with Crippen molar-refractivity contribution < 1.29 is 0 Å². The molecule has 2 nitrogen and oxygen atoms in total. The van der Waals surface area contributed by atoms with Crippen LogP contribution in [0.2, 0.25) is 0 Å². The summed E-state index contributed by atoms with van der Waals surface area (Å²) in [5.74, 6) is 1.63. The summed E-state index contributed by atoms with van der Waals surface area (Å²) in [4.78, 5) is 2.62. The van der Waals surface area contributed by atoms with Crippen LogP contribution >= 0.6 is 0 Å². The van der Waals surface area contributed by atoms with Crippen molar-refractivity contribution in [1.29, 1.82) is 0 Å². The minimum Gasteiger partial charge on any atom is -0.330 e. The summed E-state index contributed by atoms with van der Waals surface area (Å²) >= 11 is 0. The van der Waals surface area contributed by atoms with Crippen LogP contribution in [-0.4, -0.2) is 31.1 Å². The molecule has 2 heteroatoms. The lowest BCUT2D eigenvalue weighted by Gasteiger charge is -2.24. The second-order valence-corrected chi connectivity index (χ2v) is 5.70. The second-order valence-electron chi connectivity index (χ2n) is 5.70. The highest BCUT2D eigenvalue weighted by molar-refractivity contribution is 4.61. The Morgan fingerprint density at radius 3 is 1.69 bits per heavy atom. The Morgan fingerprint density at radius 2 is 1.31 bits per heavy atom. The molecule has 0 unspecified atom stereocenters. The zero-order valence-electron chi connectivity index (χ0n) is 11.8. The first-order valence-electron chi connectivity index (χ1n) is 6.98. The molecule has 0 saturated heterocycles. The van der Waals surface area contributed by atoms with Crippen molar-refractivity contribution in [3.8, 4) is 0 Å². The maximum atomic E-state index is 5.54. The van der Waals surface area contributed by atoms with Gasteiger partial charge in [-0.05, 0) is 63.7 Å². The van der Waals surface area contributed by atoms with E-state index in [0.717, 1.165) is 18.4 Å². The molecule has 0 heterocycles. The van der Waals surface area contributed by atoms with Gasteiger partial charge in [0.05, 0.1) is 0 Å². The van der Waals surface area contributed by atoms with Crippen molar-refractivity contribution >= 4 is 0 Å². The van der Waals surface area contributed by atoms with Crippen molar-refractivity contribution in [3.63, 3.8) is 0 Å². The summed E-state index contributed by atoms with van der Waals surface area (Å²) in [5, 5.41) is 0. The van der Waals surface area contributed by atoms with Gasteiger partial charge in [0.2, 0.25) is 0 Å². The van der Waals surface area contributed by atoms with E-state index in [0.29, 0.717) is 0 Å². The zero-order chi connectivity index (χ0) is 12.4. The molecule has 0 aromatic carbocycles. The topological polar surface area (TPSA) is 29.3 Å². The van der Waals surface area contributed by atoms with Gasteiger partial charge in [-0.15, -0.1) is 0 Å². The van der Waals surface area contributed by atoms with Crippen LogP contribution in [0.3, 0.4) is 0 Å². The molecule has 16 heavy (non-hydrogen) atoms. The lowest BCUT2D eigenvalue weighted by atomic mass is 10.1. The molecule has 98 valence electrons. The van der Waals surface area contributed by atoms with Crippen molar-refractivity contribution in [1.82, 2.24) is 4.90 Å². The summed E-state index contributed by atoms with van der Waals surface area (Å²) in [6, 6.07) is 0. The van der Waals surface area contributed by atoms with E-state index in [1.165, 1.54) is 45.3 Å². The maximum absolute atomic E-state index is 5.54. The predicted octanol–water partition coefficient (Wildman–Crippen LogP) is 3.12. The first-order chi connectivity index (χ1) is 7.56. The fourth-order valence-corrected chi connectivity index (χ4v) is 1.70. The quantitative estimate of drug-likeness (QED) is 0.582. The number of rotatable bonds is 10. The Kier molecular flexibility index (Phi) is 10.0. The van der Waals surface area contributed by atoms with Gasteiger partial charge >= 0.3 is 0 Å². The number of nitrogens with two attached hydrogens (primary N) is 1. The van der Waals surface area contributed by atoms with Gasteiger partial charge in [-0.1, -0.05) is 27.7 Å². The molecular weight excluding hydrogens is 196 g/mol. The highest BCUT2D eigenvalue weighted by atomic mass is 15.1. The summed E-state index contributed by atoms with van der Waals surface area (Å²) in [6.07, 6.45) is 5.06. The molecule has 0 aromatic heterocycles. The van der Waals surface area contributed by atoms with Gasteiger partial charge in [0, 0.05) is 0 Å². The van der Waals surface area contributed by atoms with Gasteiger partial charge in [-0.3, -0.25) is 0 Å². The predicted molar refractivity (Wildman–Crippen MR) is 73.6 cm³/mol. The highest BCUT2D eigenvalue weighted by Gasteiger charge is 2.06. The van der Waals surface area contributed by atoms with Gasteiger partial charge in [-0.2, -0.15) is 0 Å². The summed E-state index contributed by atoms with van der Waals surface area (Å²) < 4.78 is 0. The number of hydrogen-bond donors (Lipinski definition) is 1. The van der Waals surface area contributed by atoms with Crippen LogP contribution < -0.4 is 5.73 Å². The van der Waals surface area contributed by atoms with Crippen LogP contribution in [-0.2, 0) is 0 Å². The standard InChI is InChI=1S/C14H32N2/c1-13(2)7-11-16(10-6-5-9-15)12-8-14(3)4/h13-14H,5-12,15H2,1-4H3. The van der Waals surface area contributed by atoms with Gasteiger partial charge < -0.3 is 10.6 Å². The van der Waals surface area contributed by atoms with Crippen LogP contribution in [0, 0.1) is 11.8 Å². The van der Waals surface area contributed by atoms with Gasteiger partial charge in [-0.25, -0.2) is 0 Å². The zero-order valence-corrected chi connectivity index (χ0v) is 11.8. The molecule has 0 bridgehead atoms. The van der Waals surface area contributed by atoms with Crippen LogP contribution in [0.1, 0.15) is 53.4 Å². The highest BCUT2D eigenvalue weighted by Crippen LogP contribution is 2.07. The Morgan fingerprint density at radius 1 is 0.812 bits per heavy atom. The summed E-state index contributed by atoms with van der Waals surface area (Å²) in [7, 11) is 0. The Balaban J connectivity index is 3.76. The molecule has 0 aromatic rings. The molecule has 0 spiro atoms. The lowest BCUT2D eigenvalue weighted by Crippen LogP contribution is -2.29. The molecule has 2 N–H and O–H groups in total. The number of nitrogens with zero attached hydrogens (tertiary/aromatic N) is 1. The van der Waals surface area contributed by atoms with Crippen LogP contribution in [0.4, 0.5) is 0 Å². The molecule has 0 aliphatic heterocycles. The van der Waals surface area contributed by atoms with Crippen molar-refractivity contribution in [2.75, 3.05) is 26.2 Å². The molecule has 0 aliphatic rings. The van der Waals surface area contributed by atoms with E-state index in [1.807, 2.05) is 0 Å². The lowest BCUT2D eigenvalue weighted by molar-refractivity contribution is 0.239. The van der Waals surface area contributed by atoms with Crippen molar-refractivity contribution in [2.45, 2.75) is 53.4 Å². The SMILES string of the molecule is CC(C)CCN(CCCCN)CCC(C)C. The minimum absolute atomic E-state index is 0.816. The average Bonchev–Trinajstić information content (AvgIpc) is 2.21. The molecule has 0 fully saturated rings. The van der Waals surface area contributed by atoms with E-state index in [4.69, 9.17) is 5.73 Å². The van der Waals surface area contributed by atoms with E-state index < -0.39 is 0 Å². The molecule has 0 saturated carbocycles. The molecular formula is C14H32N2. The first-order valence-corrected chi connectivity index (χ1v) is 6.98. The first kappa shape index (κ1) is 15.9. The van der Waals surface area contributed by atoms with Crippen molar-refractivity contribution in [2.24, 2.45) is 17.6 Å². The monoisotopic (exact) mass is 228 g/mol. The smallest absolute Gasteiger partial charge is 0.00163 e. The van der Waals surface area contributed by atoms with Crippen LogP contribution in [0.25, 0.3) is 0 Å². The van der Waals surface area contributed by atoms with Crippen LogP contribution in [0.15, 0.2) is 0 Å². The summed E-state index contributed by atoms with van der Waals surface area (Å²) in [6.45, 7) is 13.8. The Bertz CT molecular complexity index is 132. The van der Waals surface area contributed by atoms with Crippen molar-refractivity contribution in [3.05, 3.63) is 0 Å². The molecule has 0 radical (unpaired) electrons. The van der Waals surface area contributed by atoms with Gasteiger partial charge in [0.1, 0.15) is 0 Å². The van der Waals surface area contributed by atoms with Gasteiger partial charge in [0.25, 0.3) is 0 Å². The van der Waals surface area contributed by atoms with E-state index in [-0.39, 0.29) is 0 Å². The number of hydrogen-bond acceptors (Lipinski definition) is 2. The average molecular weight is 228 g/mol. The fourth-order valence-electron chi connectivity index (χ4n) is 1.70. The molecule has 0 rings (SSSR count). The largest absolute Gasteiger partial charge is 0.330 e. The third-order valence-electron chi connectivity index (χ3n) is 2.97. The third-order valence-corrected chi connectivity index (χ3v) is 2.97. The summed E-state index contributed by atoms with van der Waals surface area (Å²) in [5.41, 5.74) is 5.54. The molecule has 0 atom stereocenters. The van der Waals surface area contributed by atoms with Gasteiger partial charge in [0.15, 0.2) is 0 Å². The minimum atomic E-state index is 0.816. The van der Waals surface area contributed by atoms with E-state index in [2.05, 4.69) is 32.6 Å².